The van der Waals surface area contributed by atoms with E-state index in [-0.39, 0.29) is 3.97 Å². The molecule has 0 aliphatic carbocycles. The number of hydrogen-bond donors (Lipinski definition) is 0. The average molecular weight is 290 g/mol. The first-order valence-corrected chi connectivity index (χ1v) is 4.84. The zero-order valence-corrected chi connectivity index (χ0v) is 6.22. The zero-order valence-electron chi connectivity index (χ0n) is 3.23. The Bertz CT molecular complexity index is 114. The van der Waals surface area contributed by atoms with Crippen molar-refractivity contribution in [3.63, 3.8) is 0 Å². The van der Waals surface area contributed by atoms with Crippen LogP contribution >= 0.6 is 0 Å². The van der Waals surface area contributed by atoms with E-state index >= 15 is 0 Å². The summed E-state index contributed by atoms with van der Waals surface area (Å²) in [6, 6.07) is 0. The molecule has 0 aliphatic rings. The Morgan fingerprint density at radius 3 is 1.83 bits per heavy atom. The molecule has 0 atom stereocenters. The van der Waals surface area contributed by atoms with Crippen molar-refractivity contribution >= 4 is 9.84 Å². The van der Waals surface area contributed by atoms with E-state index in [0.29, 0.717) is 0 Å². The van der Waals surface area contributed by atoms with E-state index in [4.69, 9.17) is 0 Å². The van der Waals surface area contributed by atoms with Crippen LogP contribution in [0.4, 0.5) is 0 Å². The molecule has 0 amide bonds. The van der Waals surface area contributed by atoms with E-state index in [2.05, 4.69) is 0 Å². The van der Waals surface area contributed by atoms with Crippen LogP contribution in [-0.4, -0.2) is 18.6 Å². The molecular formula is C2H5AuO2S. The third-order valence-corrected chi connectivity index (χ3v) is 3.88. The summed E-state index contributed by atoms with van der Waals surface area (Å²) in [5.74, 6) is 0. The van der Waals surface area contributed by atoms with Crippen molar-refractivity contribution in [3.8, 4) is 0 Å². The van der Waals surface area contributed by atoms with Crippen molar-refractivity contribution in [2.24, 2.45) is 0 Å². The number of hydrogen-bond acceptors (Lipinski definition) is 2. The Balaban J connectivity index is 3.85. The first-order chi connectivity index (χ1) is 2.56. The summed E-state index contributed by atoms with van der Waals surface area (Å²) in [5.41, 5.74) is 0. The van der Waals surface area contributed by atoms with Gasteiger partial charge < -0.3 is 0 Å². The molecule has 2 nitrogen and oxygen atoms in total. The number of rotatable bonds is 1. The molecule has 0 unspecified atom stereocenters. The van der Waals surface area contributed by atoms with Crippen LogP contribution in [-0.2, 0) is 30.9 Å². The summed E-state index contributed by atoms with van der Waals surface area (Å²) in [6.07, 6.45) is 1.20. The van der Waals surface area contributed by atoms with Crippen molar-refractivity contribution in [1.82, 2.24) is 0 Å². The molecule has 0 heterocycles. The molecule has 0 saturated carbocycles. The van der Waals surface area contributed by atoms with Crippen molar-refractivity contribution in [2.75, 3.05) is 10.2 Å². The Labute approximate surface area is 49.8 Å². The van der Waals surface area contributed by atoms with Gasteiger partial charge in [0.1, 0.15) is 0 Å². The topological polar surface area (TPSA) is 34.1 Å². The SMILES string of the molecule is CS(=O)(=O)[CH2][Au]. The molecule has 0 radical (unpaired) electrons. The quantitative estimate of drug-likeness (QED) is 0.612. The molecule has 0 aromatic rings. The maximum absolute atomic E-state index is 9.99. The van der Waals surface area contributed by atoms with Gasteiger partial charge in [-0.2, -0.15) is 0 Å². The van der Waals surface area contributed by atoms with Gasteiger partial charge in [0.25, 0.3) is 0 Å². The predicted molar refractivity (Wildman–Crippen MR) is 19.7 cm³/mol. The third kappa shape index (κ3) is 4.69. The first kappa shape index (κ1) is 6.69. The molecule has 6 heavy (non-hydrogen) atoms. The monoisotopic (exact) mass is 290 g/mol. The van der Waals surface area contributed by atoms with Crippen LogP contribution in [0, 0.1) is 0 Å². The van der Waals surface area contributed by atoms with Gasteiger partial charge in [-0.05, 0) is 0 Å². The van der Waals surface area contributed by atoms with Gasteiger partial charge in [0.15, 0.2) is 0 Å². The average Bonchev–Trinajstić information content (AvgIpc) is 1.35. The fourth-order valence-corrected chi connectivity index (χ4v) is 0. The molecule has 0 aromatic carbocycles. The maximum atomic E-state index is 9.99. The molecule has 4 heteroatoms. The van der Waals surface area contributed by atoms with E-state index in [9.17, 15) is 8.42 Å². The van der Waals surface area contributed by atoms with Crippen molar-refractivity contribution in [3.05, 3.63) is 0 Å². The second-order valence-corrected chi connectivity index (χ2v) is 4.91. The van der Waals surface area contributed by atoms with Crippen molar-refractivity contribution < 1.29 is 29.5 Å². The molecule has 42 valence electrons. The van der Waals surface area contributed by atoms with Crippen LogP contribution in [0.5, 0.6) is 0 Å². The molecule has 0 bridgehead atoms. The second-order valence-electron chi connectivity index (χ2n) is 1.01. The molecule has 0 aromatic heterocycles. The Kier molecular flexibility index (Phi) is 2.36. The molecule has 0 saturated heterocycles. The van der Waals surface area contributed by atoms with Gasteiger partial charge in [-0.3, -0.25) is 0 Å². The Hall–Kier alpha value is 0.690. The first-order valence-electron chi connectivity index (χ1n) is 1.24. The standard InChI is InChI=1S/C2H5O2S.Au/c1-5(2,3)4;/h1H2,2H3;. The van der Waals surface area contributed by atoms with E-state index in [1.54, 1.807) is 0 Å². The van der Waals surface area contributed by atoms with Gasteiger partial charge in [-0.25, -0.2) is 0 Å². The van der Waals surface area contributed by atoms with Gasteiger partial charge in [-0.15, -0.1) is 0 Å². The van der Waals surface area contributed by atoms with Crippen LogP contribution < -0.4 is 0 Å². The molecule has 0 rings (SSSR count). The van der Waals surface area contributed by atoms with Gasteiger partial charge in [0.05, 0.1) is 0 Å². The minimum atomic E-state index is -2.69. The van der Waals surface area contributed by atoms with E-state index < -0.39 is 9.84 Å². The predicted octanol–water partition coefficient (Wildman–Crippen LogP) is -0.465. The van der Waals surface area contributed by atoms with Crippen molar-refractivity contribution in [1.29, 1.82) is 0 Å². The van der Waals surface area contributed by atoms with Crippen LogP contribution in [0.25, 0.3) is 0 Å². The van der Waals surface area contributed by atoms with E-state index in [1.165, 1.54) is 6.26 Å². The van der Waals surface area contributed by atoms with Gasteiger partial charge in [-0.1, -0.05) is 0 Å². The van der Waals surface area contributed by atoms with Crippen LogP contribution in [0.15, 0.2) is 0 Å². The normalized spacial score (nSPS) is 11.8. The summed E-state index contributed by atoms with van der Waals surface area (Å²) in [5, 5.41) is 0. The molecular weight excluding hydrogens is 285 g/mol. The molecule has 0 aliphatic heterocycles. The summed E-state index contributed by atoms with van der Waals surface area (Å²) in [7, 11) is -2.69. The van der Waals surface area contributed by atoms with Gasteiger partial charge in [0.2, 0.25) is 0 Å². The number of sulfone groups is 1. The second kappa shape index (κ2) is 2.12. The third-order valence-electron chi connectivity index (χ3n) is 0.158. The van der Waals surface area contributed by atoms with Gasteiger partial charge >= 0.3 is 49.5 Å². The Morgan fingerprint density at radius 1 is 1.67 bits per heavy atom. The van der Waals surface area contributed by atoms with Crippen LogP contribution in [0.1, 0.15) is 0 Å². The molecule has 0 N–H and O–H groups in total. The minimum absolute atomic E-state index is 0.187. The fourth-order valence-electron chi connectivity index (χ4n) is 0. The zero-order chi connectivity index (χ0) is 5.21. The summed E-state index contributed by atoms with van der Waals surface area (Å²) < 4.78 is 20.2. The van der Waals surface area contributed by atoms with Crippen molar-refractivity contribution in [2.45, 2.75) is 0 Å². The fraction of sp³-hybridized carbons (Fsp3) is 1.00. The van der Waals surface area contributed by atoms with E-state index in [0.717, 1.165) is 0 Å². The molecule has 0 fully saturated rings. The Morgan fingerprint density at radius 2 is 1.83 bits per heavy atom. The summed E-state index contributed by atoms with van der Waals surface area (Å²) in [6.45, 7) is 0. The van der Waals surface area contributed by atoms with Crippen LogP contribution in [0.3, 0.4) is 0 Å². The van der Waals surface area contributed by atoms with Crippen LogP contribution in [0.2, 0.25) is 0 Å². The summed E-state index contributed by atoms with van der Waals surface area (Å²) in [4.78, 5) is 0. The summed E-state index contributed by atoms with van der Waals surface area (Å²) >= 11 is 1.96. The van der Waals surface area contributed by atoms with Gasteiger partial charge in [0, 0.05) is 0 Å². The van der Waals surface area contributed by atoms with E-state index in [1.807, 2.05) is 21.1 Å². The molecule has 0 spiro atoms.